The molecule has 0 spiro atoms. The molecular formula is C18H26N2O6S. The predicted molar refractivity (Wildman–Crippen MR) is 100 cm³/mol. The van der Waals surface area contributed by atoms with Crippen LogP contribution >= 0.6 is 0 Å². The molecule has 1 aromatic carbocycles. The molecule has 1 aliphatic heterocycles. The fourth-order valence-corrected chi connectivity index (χ4v) is 4.25. The summed E-state index contributed by atoms with van der Waals surface area (Å²) in [5.74, 6) is 0.654. The van der Waals surface area contributed by atoms with Gasteiger partial charge in [-0.05, 0) is 19.1 Å². The summed E-state index contributed by atoms with van der Waals surface area (Å²) in [6.07, 6.45) is 0.995. The van der Waals surface area contributed by atoms with E-state index in [9.17, 15) is 13.2 Å². The molecule has 0 N–H and O–H groups in total. The Hall–Kier alpha value is -2.10. The largest absolute Gasteiger partial charge is 0.493 e. The first kappa shape index (κ1) is 21.2. The molecule has 150 valence electrons. The number of piperazine rings is 1. The van der Waals surface area contributed by atoms with Gasteiger partial charge in [0.15, 0.2) is 11.5 Å². The summed E-state index contributed by atoms with van der Waals surface area (Å²) in [4.78, 5) is 14.1. The Kier molecular flexibility index (Phi) is 7.23. The molecule has 8 nitrogen and oxygen atoms in total. The average Bonchev–Trinajstić information content (AvgIpc) is 2.70. The maximum atomic E-state index is 12.9. The Morgan fingerprint density at radius 2 is 1.81 bits per heavy atom. The lowest BCUT2D eigenvalue weighted by Crippen LogP contribution is -2.52. The topological polar surface area (TPSA) is 85.4 Å². The number of sulfonamides is 1. The van der Waals surface area contributed by atoms with Gasteiger partial charge in [-0.1, -0.05) is 6.08 Å². The normalized spacial score (nSPS) is 16.6. The Bertz CT molecular complexity index is 772. The molecule has 1 aliphatic rings. The van der Waals surface area contributed by atoms with Crippen LogP contribution in [-0.2, 0) is 19.6 Å². The molecule has 0 aliphatic carbocycles. The lowest BCUT2D eigenvalue weighted by atomic mass is 10.3. The van der Waals surface area contributed by atoms with Gasteiger partial charge in [-0.25, -0.2) is 8.42 Å². The number of amides is 1. The van der Waals surface area contributed by atoms with Gasteiger partial charge in [-0.2, -0.15) is 4.31 Å². The molecule has 1 amide bonds. The molecule has 0 bridgehead atoms. The van der Waals surface area contributed by atoms with Crippen molar-refractivity contribution < 1.29 is 27.4 Å². The highest BCUT2D eigenvalue weighted by molar-refractivity contribution is 7.89. The van der Waals surface area contributed by atoms with Crippen LogP contribution < -0.4 is 9.47 Å². The molecule has 2 rings (SSSR count). The van der Waals surface area contributed by atoms with Crippen molar-refractivity contribution in [1.82, 2.24) is 9.21 Å². The summed E-state index contributed by atoms with van der Waals surface area (Å²) in [6.45, 7) is 6.59. The number of carbonyl (C=O) groups excluding carboxylic acids is 1. The highest BCUT2D eigenvalue weighted by Gasteiger charge is 2.32. The summed E-state index contributed by atoms with van der Waals surface area (Å²) >= 11 is 0. The summed E-state index contributed by atoms with van der Waals surface area (Å²) in [5, 5.41) is 0. The fourth-order valence-electron chi connectivity index (χ4n) is 2.82. The van der Waals surface area contributed by atoms with Crippen LogP contribution in [0, 0.1) is 0 Å². The number of hydrogen-bond donors (Lipinski definition) is 0. The van der Waals surface area contributed by atoms with Crippen molar-refractivity contribution in [1.29, 1.82) is 0 Å². The van der Waals surface area contributed by atoms with Crippen molar-refractivity contribution in [2.24, 2.45) is 0 Å². The van der Waals surface area contributed by atoms with Crippen LogP contribution in [0.25, 0.3) is 0 Å². The average molecular weight is 398 g/mol. The zero-order valence-corrected chi connectivity index (χ0v) is 16.7. The van der Waals surface area contributed by atoms with Crippen molar-refractivity contribution in [3.05, 3.63) is 30.9 Å². The molecule has 1 unspecified atom stereocenters. The van der Waals surface area contributed by atoms with Crippen LogP contribution in [-0.4, -0.2) is 76.6 Å². The Labute approximate surface area is 160 Å². The third-order valence-electron chi connectivity index (χ3n) is 4.35. The first-order valence-electron chi connectivity index (χ1n) is 8.58. The van der Waals surface area contributed by atoms with Crippen LogP contribution in [0.4, 0.5) is 0 Å². The van der Waals surface area contributed by atoms with Gasteiger partial charge in [0.25, 0.3) is 5.91 Å². The van der Waals surface area contributed by atoms with Crippen LogP contribution in [0.15, 0.2) is 35.7 Å². The van der Waals surface area contributed by atoms with Crippen molar-refractivity contribution in [2.45, 2.75) is 17.9 Å². The molecular weight excluding hydrogens is 372 g/mol. The monoisotopic (exact) mass is 398 g/mol. The molecule has 0 aromatic heterocycles. The summed E-state index contributed by atoms with van der Waals surface area (Å²) in [7, 11) is -0.747. The van der Waals surface area contributed by atoms with Crippen LogP contribution in [0.1, 0.15) is 6.92 Å². The minimum atomic E-state index is -3.69. The van der Waals surface area contributed by atoms with Gasteiger partial charge in [0.1, 0.15) is 6.10 Å². The van der Waals surface area contributed by atoms with Gasteiger partial charge in [-0.15, -0.1) is 6.58 Å². The molecule has 1 aromatic rings. The number of ether oxygens (including phenoxy) is 3. The van der Waals surface area contributed by atoms with E-state index in [0.717, 1.165) is 0 Å². The van der Waals surface area contributed by atoms with E-state index < -0.39 is 16.1 Å². The predicted octanol–water partition coefficient (Wildman–Crippen LogP) is 1.13. The summed E-state index contributed by atoms with van der Waals surface area (Å²) < 4.78 is 42.8. The first-order valence-corrected chi connectivity index (χ1v) is 10.0. The molecule has 1 heterocycles. The number of hydrogen-bond acceptors (Lipinski definition) is 6. The van der Waals surface area contributed by atoms with E-state index in [0.29, 0.717) is 31.2 Å². The SMILES string of the molecule is C=CCOC(C)C(=O)N1CCN(S(=O)(=O)c2ccc(OC)c(OC)c2)CC1. The Morgan fingerprint density at radius 1 is 1.19 bits per heavy atom. The highest BCUT2D eigenvalue weighted by Crippen LogP contribution is 2.30. The second-order valence-electron chi connectivity index (χ2n) is 6.01. The molecule has 1 atom stereocenters. The lowest BCUT2D eigenvalue weighted by molar-refractivity contribution is -0.143. The maximum absolute atomic E-state index is 12.9. The van der Waals surface area contributed by atoms with Crippen LogP contribution in [0.3, 0.4) is 0 Å². The van der Waals surface area contributed by atoms with Gasteiger partial charge >= 0.3 is 0 Å². The number of benzene rings is 1. The highest BCUT2D eigenvalue weighted by atomic mass is 32.2. The lowest BCUT2D eigenvalue weighted by Gasteiger charge is -2.35. The molecule has 1 fully saturated rings. The van der Waals surface area contributed by atoms with Crippen LogP contribution in [0.2, 0.25) is 0 Å². The summed E-state index contributed by atoms with van der Waals surface area (Å²) in [5.41, 5.74) is 0. The van der Waals surface area contributed by atoms with Gasteiger partial charge in [0, 0.05) is 32.2 Å². The van der Waals surface area contributed by atoms with E-state index in [1.54, 1.807) is 24.0 Å². The fraction of sp³-hybridized carbons (Fsp3) is 0.500. The Balaban J connectivity index is 2.06. The molecule has 27 heavy (non-hydrogen) atoms. The third kappa shape index (κ3) is 4.79. The zero-order valence-electron chi connectivity index (χ0n) is 15.9. The van der Waals surface area contributed by atoms with Gasteiger partial charge in [-0.3, -0.25) is 4.79 Å². The quantitative estimate of drug-likeness (QED) is 0.610. The van der Waals surface area contributed by atoms with Gasteiger partial charge < -0.3 is 19.1 Å². The van der Waals surface area contributed by atoms with E-state index in [-0.39, 0.29) is 23.9 Å². The van der Waals surface area contributed by atoms with Crippen molar-refractivity contribution >= 4 is 15.9 Å². The molecule has 1 saturated heterocycles. The molecule has 0 saturated carbocycles. The van der Waals surface area contributed by atoms with Crippen LogP contribution in [0.5, 0.6) is 11.5 Å². The zero-order chi connectivity index (χ0) is 20.0. The van der Waals surface area contributed by atoms with E-state index in [1.807, 2.05) is 0 Å². The second kappa shape index (κ2) is 9.20. The molecule has 9 heteroatoms. The molecule has 0 radical (unpaired) electrons. The van der Waals surface area contributed by atoms with E-state index in [1.165, 1.54) is 30.7 Å². The maximum Gasteiger partial charge on any atom is 0.251 e. The number of rotatable bonds is 8. The number of nitrogens with zero attached hydrogens (tertiary/aromatic N) is 2. The second-order valence-corrected chi connectivity index (χ2v) is 7.95. The van der Waals surface area contributed by atoms with E-state index in [2.05, 4.69) is 6.58 Å². The smallest absolute Gasteiger partial charge is 0.251 e. The number of carbonyl (C=O) groups is 1. The van der Waals surface area contributed by atoms with Crippen molar-refractivity contribution in [2.75, 3.05) is 47.0 Å². The first-order chi connectivity index (χ1) is 12.8. The minimum Gasteiger partial charge on any atom is -0.493 e. The number of methoxy groups -OCH3 is 2. The van der Waals surface area contributed by atoms with Crippen molar-refractivity contribution in [3.8, 4) is 11.5 Å². The van der Waals surface area contributed by atoms with E-state index >= 15 is 0 Å². The van der Waals surface area contributed by atoms with Gasteiger partial charge in [0.2, 0.25) is 10.0 Å². The van der Waals surface area contributed by atoms with E-state index in [4.69, 9.17) is 14.2 Å². The van der Waals surface area contributed by atoms with Gasteiger partial charge in [0.05, 0.1) is 25.7 Å². The minimum absolute atomic E-state index is 0.127. The summed E-state index contributed by atoms with van der Waals surface area (Å²) in [6, 6.07) is 4.49. The third-order valence-corrected chi connectivity index (χ3v) is 6.25. The van der Waals surface area contributed by atoms with Crippen molar-refractivity contribution in [3.63, 3.8) is 0 Å². The standard InChI is InChI=1S/C18H26N2O6S/c1-5-12-26-14(2)18(21)19-8-10-20(11-9-19)27(22,23)15-6-7-16(24-3)17(13-15)25-4/h5-7,13-14H,1,8-12H2,2-4H3. The Morgan fingerprint density at radius 3 is 2.37 bits per heavy atom.